The van der Waals surface area contributed by atoms with Gasteiger partial charge in [-0.05, 0) is 22.8 Å². The minimum atomic E-state index is -2.86. The second-order valence-electron chi connectivity index (χ2n) is 4.83. The lowest BCUT2D eigenvalue weighted by molar-refractivity contribution is 0.436. The molecular weight excluding hydrogens is 344 g/mol. The molecule has 124 valence electrons. The zero-order chi connectivity index (χ0) is 17.5. The fourth-order valence-electron chi connectivity index (χ4n) is 2.24. The quantitative estimate of drug-likeness (QED) is 0.469. The first kappa shape index (κ1) is 18.2. The summed E-state index contributed by atoms with van der Waals surface area (Å²) in [5.41, 5.74) is 4.14. The van der Waals surface area contributed by atoms with Crippen molar-refractivity contribution in [3.63, 3.8) is 0 Å². The van der Waals surface area contributed by atoms with Crippen molar-refractivity contribution >= 4 is 24.0 Å². The van der Waals surface area contributed by atoms with Gasteiger partial charge in [-0.15, -0.1) is 12.6 Å². The summed E-state index contributed by atoms with van der Waals surface area (Å²) in [6, 6.07) is 24.0. The highest BCUT2D eigenvalue weighted by atomic mass is 32.2. The van der Waals surface area contributed by atoms with Gasteiger partial charge in [0.05, 0.1) is 11.4 Å². The van der Waals surface area contributed by atoms with Crippen LogP contribution >= 0.6 is 12.6 Å². The Morgan fingerprint density at radius 3 is 1.88 bits per heavy atom. The molecule has 3 aromatic carbocycles. The number of benzene rings is 3. The Hall–Kier alpha value is -2.12. The van der Waals surface area contributed by atoms with Crippen LogP contribution in [0, 0.1) is 0 Å². The molecule has 0 heterocycles. The van der Waals surface area contributed by atoms with E-state index in [-0.39, 0.29) is 5.75 Å². The van der Waals surface area contributed by atoms with Crippen molar-refractivity contribution in [2.75, 3.05) is 0 Å². The number of aromatic hydroxyl groups is 1. The Morgan fingerprint density at radius 1 is 0.792 bits per heavy atom. The predicted molar refractivity (Wildman–Crippen MR) is 97.8 cm³/mol. The number of rotatable bonds is 2. The van der Waals surface area contributed by atoms with E-state index in [9.17, 15) is 5.11 Å². The van der Waals surface area contributed by atoms with E-state index in [4.69, 9.17) is 13.3 Å². The molecule has 4 nitrogen and oxygen atoms in total. The Bertz CT molecular complexity index is 814. The molecule has 0 saturated carbocycles. The summed E-state index contributed by atoms with van der Waals surface area (Å²) in [7, 11) is 0. The normalized spacial score (nSPS) is 11.3. The summed E-state index contributed by atoms with van der Waals surface area (Å²) in [5, 5.41) is 10.1. The maximum atomic E-state index is 10.1. The summed E-state index contributed by atoms with van der Waals surface area (Å²) in [5.74, 6) is 0.225. The van der Waals surface area contributed by atoms with E-state index in [2.05, 4.69) is 36.9 Å². The Kier molecular flexibility index (Phi) is 6.57. The third kappa shape index (κ3) is 4.94. The number of hydrogen-bond donors (Lipinski definition) is 3. The van der Waals surface area contributed by atoms with Crippen molar-refractivity contribution in [3.8, 4) is 28.0 Å². The molecule has 0 amide bonds. The molecule has 1 atom stereocenters. The van der Waals surface area contributed by atoms with Crippen LogP contribution in [-0.4, -0.2) is 18.4 Å². The van der Waals surface area contributed by atoms with Crippen molar-refractivity contribution < 1.29 is 18.4 Å². The number of hydrogen-bond acceptors (Lipinski definition) is 4. The van der Waals surface area contributed by atoms with Crippen molar-refractivity contribution in [3.05, 3.63) is 72.8 Å². The minimum Gasteiger partial charge on any atom is -0.750 e. The Labute approximate surface area is 148 Å². The average molecular weight is 359 g/mol. The summed E-state index contributed by atoms with van der Waals surface area (Å²) >= 11 is 1.38. The first-order valence-corrected chi connectivity index (χ1v) is 8.42. The smallest absolute Gasteiger partial charge is 0.136 e. The topological polar surface area (TPSA) is 80.6 Å². The first-order chi connectivity index (χ1) is 11.5. The fraction of sp³-hybridized carbons (Fsp3) is 0. The van der Waals surface area contributed by atoms with E-state index in [1.54, 1.807) is 6.07 Å². The minimum absolute atomic E-state index is 0.225. The molecule has 0 radical (unpaired) electrons. The highest BCUT2D eigenvalue weighted by Gasteiger charge is 2.06. The van der Waals surface area contributed by atoms with Crippen LogP contribution in [0.2, 0.25) is 0 Å². The van der Waals surface area contributed by atoms with Crippen LogP contribution in [-0.2, 0) is 11.4 Å². The molecule has 0 spiro atoms. The van der Waals surface area contributed by atoms with Crippen molar-refractivity contribution in [1.29, 1.82) is 0 Å². The number of phenolic OH excluding ortho intramolecular Hbond substituents is 1. The zero-order valence-corrected chi connectivity index (χ0v) is 14.2. The van der Waals surface area contributed by atoms with Crippen LogP contribution in [0.15, 0.2) is 77.7 Å². The van der Waals surface area contributed by atoms with E-state index in [1.807, 2.05) is 42.5 Å². The van der Waals surface area contributed by atoms with E-state index in [0.717, 1.165) is 16.7 Å². The zero-order valence-electron chi connectivity index (χ0n) is 12.5. The van der Waals surface area contributed by atoms with E-state index >= 15 is 0 Å². The molecule has 0 aromatic heterocycles. The van der Waals surface area contributed by atoms with Crippen molar-refractivity contribution in [2.45, 2.75) is 4.90 Å². The van der Waals surface area contributed by atoms with E-state index in [1.165, 1.54) is 5.56 Å². The lowest BCUT2D eigenvalue weighted by Crippen LogP contribution is -1.82. The first-order valence-electron chi connectivity index (χ1n) is 6.94. The molecule has 0 aliphatic rings. The summed E-state index contributed by atoms with van der Waals surface area (Å²) in [4.78, 5) is 0.592. The van der Waals surface area contributed by atoms with E-state index in [0.29, 0.717) is 4.90 Å². The van der Waals surface area contributed by atoms with Gasteiger partial charge in [-0.25, -0.2) is 4.21 Å². The van der Waals surface area contributed by atoms with Gasteiger partial charge >= 0.3 is 0 Å². The molecule has 0 aliphatic heterocycles. The largest absolute Gasteiger partial charge is 0.750 e. The molecule has 0 aliphatic carbocycles. The number of phenols is 1. The van der Waals surface area contributed by atoms with Crippen LogP contribution in [0.3, 0.4) is 0 Å². The molecule has 6 heteroatoms. The van der Waals surface area contributed by atoms with Gasteiger partial charge in [-0.1, -0.05) is 66.7 Å². The highest BCUT2D eigenvalue weighted by Crippen LogP contribution is 2.34. The third-order valence-electron chi connectivity index (χ3n) is 3.32. The van der Waals surface area contributed by atoms with Gasteiger partial charge in [0.1, 0.15) is 5.75 Å². The summed E-state index contributed by atoms with van der Waals surface area (Å²) < 4.78 is 24.1. The summed E-state index contributed by atoms with van der Waals surface area (Å²) in [6.07, 6.45) is 0. The molecule has 0 fully saturated rings. The Morgan fingerprint density at radius 2 is 1.29 bits per heavy atom. The van der Waals surface area contributed by atoms with Gasteiger partial charge < -0.3 is 14.2 Å². The average Bonchev–Trinajstić information content (AvgIpc) is 2.58. The predicted octanol–water partition coefficient (Wildman–Crippen LogP) is 4.35. The van der Waals surface area contributed by atoms with E-state index < -0.39 is 11.4 Å². The van der Waals surface area contributed by atoms with Gasteiger partial charge in [0, 0.05) is 10.5 Å². The van der Waals surface area contributed by atoms with Crippen LogP contribution in [0.1, 0.15) is 0 Å². The third-order valence-corrected chi connectivity index (χ3v) is 3.68. The molecule has 24 heavy (non-hydrogen) atoms. The van der Waals surface area contributed by atoms with Gasteiger partial charge in [0.2, 0.25) is 0 Å². The SMILES string of the molecule is O=S([O-])O.Oc1c(S)cccc1-c1ccc(-c2ccccc2)cc1. The van der Waals surface area contributed by atoms with Gasteiger partial charge in [0.25, 0.3) is 0 Å². The van der Waals surface area contributed by atoms with Crippen LogP contribution < -0.4 is 0 Å². The number of thiol groups is 1. The maximum Gasteiger partial charge on any atom is 0.136 e. The molecule has 0 bridgehead atoms. The van der Waals surface area contributed by atoms with Gasteiger partial charge in [-0.2, -0.15) is 0 Å². The molecule has 3 aromatic rings. The lowest BCUT2D eigenvalue weighted by Gasteiger charge is -2.08. The molecule has 0 saturated heterocycles. The summed E-state index contributed by atoms with van der Waals surface area (Å²) in [6.45, 7) is 0. The molecule has 1 unspecified atom stereocenters. The highest BCUT2D eigenvalue weighted by molar-refractivity contribution is 7.80. The monoisotopic (exact) mass is 359 g/mol. The van der Waals surface area contributed by atoms with Crippen molar-refractivity contribution in [1.82, 2.24) is 0 Å². The molecule has 2 N–H and O–H groups in total. The number of para-hydroxylation sites is 1. The van der Waals surface area contributed by atoms with Crippen molar-refractivity contribution in [2.24, 2.45) is 0 Å². The van der Waals surface area contributed by atoms with Gasteiger partial charge in [-0.3, -0.25) is 0 Å². The van der Waals surface area contributed by atoms with Crippen LogP contribution in [0.5, 0.6) is 5.75 Å². The second kappa shape index (κ2) is 8.65. The molecular formula is C18H15O4S2-. The second-order valence-corrected chi connectivity index (χ2v) is 5.75. The van der Waals surface area contributed by atoms with Crippen LogP contribution in [0.25, 0.3) is 22.3 Å². The van der Waals surface area contributed by atoms with Crippen LogP contribution in [0.4, 0.5) is 0 Å². The van der Waals surface area contributed by atoms with Gasteiger partial charge in [0.15, 0.2) is 0 Å². The fourth-order valence-corrected chi connectivity index (χ4v) is 2.44. The molecule has 3 rings (SSSR count). The maximum absolute atomic E-state index is 10.1. The lowest BCUT2D eigenvalue weighted by atomic mass is 10.00. The standard InChI is InChI=1S/C18H14OS.H2O3S/c19-18-16(7-4-8-17(18)20)15-11-9-14(10-12-15)13-5-2-1-3-6-13;1-4(2)3/h1-12,19-20H;(H2,1,2,3)/p-1. The Balaban J connectivity index is 0.000000471.